The maximum atomic E-state index is 12.2. The van der Waals surface area contributed by atoms with Gasteiger partial charge in [0.1, 0.15) is 17.9 Å². The van der Waals surface area contributed by atoms with Crippen molar-refractivity contribution in [2.24, 2.45) is 0 Å². The number of rotatable bonds is 8. The Morgan fingerprint density at radius 2 is 2.14 bits per heavy atom. The summed E-state index contributed by atoms with van der Waals surface area (Å²) in [7, 11) is 1.52. The van der Waals surface area contributed by atoms with Gasteiger partial charge in [0.2, 0.25) is 5.91 Å². The van der Waals surface area contributed by atoms with E-state index < -0.39 is 4.92 Å². The Morgan fingerprint density at radius 3 is 2.62 bits per heavy atom. The second-order valence-corrected chi connectivity index (χ2v) is 4.53. The predicted octanol–water partition coefficient (Wildman–Crippen LogP) is -0.125. The number of amides is 1. The van der Waals surface area contributed by atoms with Crippen LogP contribution in [0.5, 0.6) is 0 Å². The number of aromatic nitrogens is 2. The summed E-state index contributed by atoms with van der Waals surface area (Å²) >= 11 is 0. The van der Waals surface area contributed by atoms with Crippen molar-refractivity contribution in [1.82, 2.24) is 14.7 Å². The van der Waals surface area contributed by atoms with Gasteiger partial charge in [0, 0.05) is 20.2 Å². The van der Waals surface area contributed by atoms with Crippen LogP contribution < -0.4 is 0 Å². The molecule has 0 atom stereocenters. The number of aryl methyl sites for hydroxylation is 1. The van der Waals surface area contributed by atoms with Crippen LogP contribution in [0.2, 0.25) is 0 Å². The van der Waals surface area contributed by atoms with Crippen LogP contribution in [0.1, 0.15) is 11.4 Å². The number of hydrogen-bond acceptors (Lipinski definition) is 6. The van der Waals surface area contributed by atoms with Crippen LogP contribution in [0.3, 0.4) is 0 Å². The monoisotopic (exact) mass is 300 g/mol. The fraction of sp³-hybridized carbons (Fsp3) is 0.667. The Kier molecular flexibility index (Phi) is 6.25. The molecule has 0 aromatic carbocycles. The lowest BCUT2D eigenvalue weighted by Gasteiger charge is -2.21. The highest BCUT2D eigenvalue weighted by atomic mass is 16.6. The molecule has 0 aliphatic heterocycles. The molecule has 0 unspecified atom stereocenters. The van der Waals surface area contributed by atoms with E-state index in [0.717, 1.165) is 0 Å². The zero-order valence-corrected chi connectivity index (χ0v) is 12.4. The molecule has 21 heavy (non-hydrogen) atoms. The smallest absolute Gasteiger partial charge is 0.312 e. The van der Waals surface area contributed by atoms with Crippen molar-refractivity contribution >= 4 is 11.6 Å². The van der Waals surface area contributed by atoms with Gasteiger partial charge < -0.3 is 14.7 Å². The minimum atomic E-state index is -0.505. The number of methoxy groups -OCH3 is 1. The zero-order chi connectivity index (χ0) is 16.0. The summed E-state index contributed by atoms with van der Waals surface area (Å²) in [5.74, 6) is -0.276. The van der Waals surface area contributed by atoms with Crippen molar-refractivity contribution < 1.29 is 19.6 Å². The summed E-state index contributed by atoms with van der Waals surface area (Å²) < 4.78 is 6.22. The first kappa shape index (κ1) is 17.1. The van der Waals surface area contributed by atoms with Gasteiger partial charge in [0.25, 0.3) is 0 Å². The third kappa shape index (κ3) is 4.23. The summed E-state index contributed by atoms with van der Waals surface area (Å²) in [4.78, 5) is 24.0. The molecule has 1 heterocycles. The molecule has 1 amide bonds. The molecule has 0 radical (unpaired) electrons. The normalized spacial score (nSPS) is 10.7. The van der Waals surface area contributed by atoms with E-state index in [1.54, 1.807) is 6.92 Å². The Labute approximate surface area is 122 Å². The second kappa shape index (κ2) is 7.70. The molecule has 9 heteroatoms. The lowest BCUT2D eigenvalue weighted by Crippen LogP contribution is -2.38. The summed E-state index contributed by atoms with van der Waals surface area (Å²) in [5.41, 5.74) is 0.533. The summed E-state index contributed by atoms with van der Waals surface area (Å²) in [6, 6.07) is 0. The Morgan fingerprint density at radius 1 is 1.48 bits per heavy atom. The molecule has 1 aromatic rings. The van der Waals surface area contributed by atoms with E-state index in [-0.39, 0.29) is 37.0 Å². The van der Waals surface area contributed by atoms with Crippen LogP contribution in [-0.4, -0.2) is 64.0 Å². The van der Waals surface area contributed by atoms with Crippen LogP contribution in [0.15, 0.2) is 0 Å². The number of nitrogens with zero attached hydrogens (tertiary/aromatic N) is 4. The van der Waals surface area contributed by atoms with Crippen LogP contribution in [0.4, 0.5) is 5.69 Å². The largest absolute Gasteiger partial charge is 0.395 e. The molecule has 1 N–H and O–H groups in total. The van der Waals surface area contributed by atoms with Gasteiger partial charge in [-0.2, -0.15) is 5.10 Å². The number of hydrogen-bond donors (Lipinski definition) is 1. The van der Waals surface area contributed by atoms with Gasteiger partial charge >= 0.3 is 5.69 Å². The van der Waals surface area contributed by atoms with Gasteiger partial charge in [-0.1, -0.05) is 0 Å². The average molecular weight is 300 g/mol. The van der Waals surface area contributed by atoms with Gasteiger partial charge in [0.05, 0.1) is 18.1 Å². The molecule has 9 nitrogen and oxygen atoms in total. The quantitative estimate of drug-likeness (QED) is 0.529. The summed E-state index contributed by atoms with van der Waals surface area (Å²) in [5, 5.41) is 23.9. The number of nitro groups is 1. The van der Waals surface area contributed by atoms with Gasteiger partial charge in [-0.05, 0) is 13.8 Å². The number of carbonyl (C=O) groups is 1. The molecule has 0 saturated heterocycles. The Bertz CT molecular complexity index is 514. The topological polar surface area (TPSA) is 111 Å². The molecule has 118 valence electrons. The standard InChI is InChI=1S/C12H20N4O5/c1-9-12(16(19)20)10(2)15(13-9)8-11(18)14(4-6-17)5-7-21-3/h17H,4-8H2,1-3H3. The van der Waals surface area contributed by atoms with Crippen molar-refractivity contribution in [1.29, 1.82) is 0 Å². The van der Waals surface area contributed by atoms with E-state index >= 15 is 0 Å². The van der Waals surface area contributed by atoms with Crippen molar-refractivity contribution in [2.75, 3.05) is 33.4 Å². The van der Waals surface area contributed by atoms with Gasteiger partial charge in [-0.3, -0.25) is 19.6 Å². The molecule has 0 aliphatic carbocycles. The lowest BCUT2D eigenvalue weighted by molar-refractivity contribution is -0.386. The molecule has 1 rings (SSSR count). The summed E-state index contributed by atoms with van der Waals surface area (Å²) in [6.07, 6.45) is 0. The summed E-state index contributed by atoms with van der Waals surface area (Å²) in [6.45, 7) is 3.69. The van der Waals surface area contributed by atoms with Gasteiger partial charge in [-0.25, -0.2) is 0 Å². The van der Waals surface area contributed by atoms with E-state index in [1.165, 1.54) is 23.6 Å². The Balaban J connectivity index is 2.86. The van der Waals surface area contributed by atoms with Crippen LogP contribution in [0.25, 0.3) is 0 Å². The molecule has 0 spiro atoms. The molecular weight excluding hydrogens is 280 g/mol. The van der Waals surface area contributed by atoms with E-state index in [4.69, 9.17) is 9.84 Å². The molecule has 0 fully saturated rings. The van der Waals surface area contributed by atoms with E-state index in [0.29, 0.717) is 18.8 Å². The van der Waals surface area contributed by atoms with Crippen LogP contribution in [-0.2, 0) is 16.1 Å². The van der Waals surface area contributed by atoms with Gasteiger partial charge in [0.15, 0.2) is 0 Å². The number of ether oxygens (including phenoxy) is 1. The highest BCUT2D eigenvalue weighted by Crippen LogP contribution is 2.21. The SMILES string of the molecule is COCCN(CCO)C(=O)Cn1nc(C)c([N+](=O)[O-])c1C. The van der Waals surface area contributed by atoms with Crippen LogP contribution >= 0.6 is 0 Å². The fourth-order valence-electron chi connectivity index (χ4n) is 2.02. The third-order valence-corrected chi connectivity index (χ3v) is 3.10. The van der Waals surface area contributed by atoms with E-state index in [1.807, 2.05) is 0 Å². The van der Waals surface area contributed by atoms with Crippen molar-refractivity contribution in [2.45, 2.75) is 20.4 Å². The highest BCUT2D eigenvalue weighted by Gasteiger charge is 2.24. The number of aliphatic hydroxyl groups excluding tert-OH is 1. The van der Waals surface area contributed by atoms with Crippen molar-refractivity contribution in [3.63, 3.8) is 0 Å². The minimum absolute atomic E-state index is 0.0756. The maximum Gasteiger partial charge on any atom is 0.312 e. The second-order valence-electron chi connectivity index (χ2n) is 4.53. The fourth-order valence-corrected chi connectivity index (χ4v) is 2.02. The van der Waals surface area contributed by atoms with E-state index in [2.05, 4.69) is 5.10 Å². The first-order valence-electron chi connectivity index (χ1n) is 6.48. The highest BCUT2D eigenvalue weighted by molar-refractivity contribution is 5.76. The number of carbonyl (C=O) groups excluding carboxylic acids is 1. The zero-order valence-electron chi connectivity index (χ0n) is 12.4. The number of aliphatic hydroxyl groups is 1. The minimum Gasteiger partial charge on any atom is -0.395 e. The lowest BCUT2D eigenvalue weighted by atomic mass is 10.3. The Hall–Kier alpha value is -2.00. The molecule has 0 saturated carbocycles. The van der Waals surface area contributed by atoms with Crippen molar-refractivity contribution in [3.05, 3.63) is 21.5 Å². The van der Waals surface area contributed by atoms with Crippen LogP contribution in [0, 0.1) is 24.0 Å². The molecule has 0 aliphatic rings. The van der Waals surface area contributed by atoms with E-state index in [9.17, 15) is 14.9 Å². The molecule has 0 bridgehead atoms. The maximum absolute atomic E-state index is 12.2. The van der Waals surface area contributed by atoms with Crippen molar-refractivity contribution in [3.8, 4) is 0 Å². The molecule has 1 aromatic heterocycles. The first-order valence-corrected chi connectivity index (χ1v) is 6.48. The predicted molar refractivity (Wildman–Crippen MR) is 73.9 cm³/mol. The first-order chi connectivity index (χ1) is 9.92. The molecular formula is C12H20N4O5. The van der Waals surface area contributed by atoms with Gasteiger partial charge in [-0.15, -0.1) is 0 Å². The average Bonchev–Trinajstić information content (AvgIpc) is 2.69. The third-order valence-electron chi connectivity index (χ3n) is 3.10.